The average Bonchev–Trinajstić information content (AvgIpc) is 2.87. The van der Waals surface area contributed by atoms with Crippen LogP contribution in [-0.2, 0) is 9.53 Å². The summed E-state index contributed by atoms with van der Waals surface area (Å²) in [5.41, 5.74) is 0.0248. The Morgan fingerprint density at radius 3 is 2.71 bits per heavy atom. The zero-order valence-electron chi connectivity index (χ0n) is 10.2. The van der Waals surface area contributed by atoms with E-state index in [9.17, 15) is 9.59 Å². The maximum Gasteiger partial charge on any atom is 0.341 e. The van der Waals surface area contributed by atoms with E-state index in [2.05, 4.69) is 4.74 Å². The summed E-state index contributed by atoms with van der Waals surface area (Å²) in [4.78, 5) is 23.5. The Hall–Kier alpha value is -1.84. The maximum absolute atomic E-state index is 12.0. The highest BCUT2D eigenvalue weighted by Gasteiger charge is 2.23. The van der Waals surface area contributed by atoms with Crippen LogP contribution in [0.15, 0.2) is 34.5 Å². The molecule has 4 nitrogen and oxygen atoms in total. The smallest absolute Gasteiger partial charge is 0.341 e. The van der Waals surface area contributed by atoms with Crippen LogP contribution in [-0.4, -0.2) is 18.9 Å². The molecule has 0 spiro atoms. The number of esters is 1. The van der Waals surface area contributed by atoms with Crippen molar-refractivity contribution in [1.82, 2.24) is 0 Å². The van der Waals surface area contributed by atoms with Crippen LogP contribution >= 0.6 is 0 Å². The Balaban J connectivity index is 3.03. The molecule has 0 aliphatic heterocycles. The molecule has 0 aromatic carbocycles. The summed E-state index contributed by atoms with van der Waals surface area (Å²) in [6, 6.07) is 3.13. The molecule has 0 saturated heterocycles. The van der Waals surface area contributed by atoms with E-state index in [-0.39, 0.29) is 17.3 Å². The normalized spacial score (nSPS) is 13.2. The van der Waals surface area contributed by atoms with Crippen LogP contribution in [0, 0.1) is 5.92 Å². The second-order valence-electron chi connectivity index (χ2n) is 3.76. The number of carbonyl (C=O) groups excluding carboxylic acids is 2. The molecule has 0 N–H and O–H groups in total. The van der Waals surface area contributed by atoms with Crippen LogP contribution in [0.25, 0.3) is 0 Å². The van der Waals surface area contributed by atoms with Gasteiger partial charge in [0.25, 0.3) is 0 Å². The van der Waals surface area contributed by atoms with Crippen LogP contribution in [0.3, 0.4) is 0 Å². The van der Waals surface area contributed by atoms with Gasteiger partial charge in [-0.25, -0.2) is 4.79 Å². The zero-order valence-corrected chi connectivity index (χ0v) is 10.2. The Bertz CT molecular complexity index is 415. The summed E-state index contributed by atoms with van der Waals surface area (Å²) in [5, 5.41) is 0. The van der Waals surface area contributed by atoms with Gasteiger partial charge in [0.1, 0.15) is 5.57 Å². The van der Waals surface area contributed by atoms with Gasteiger partial charge in [0, 0.05) is 0 Å². The molecule has 1 atom stereocenters. The second-order valence-corrected chi connectivity index (χ2v) is 3.76. The number of allylic oxidation sites excluding steroid dienone is 1. The SMILES string of the molecule is CCC(C)/C=C(\C(=O)OC)C(=O)c1ccco1. The van der Waals surface area contributed by atoms with Crippen LogP contribution in [0.4, 0.5) is 0 Å². The molecule has 0 aliphatic rings. The standard InChI is InChI=1S/C13H16O4/c1-4-9(2)8-10(13(15)16-3)12(14)11-6-5-7-17-11/h5-9H,4H2,1-3H3/b10-8-. The first-order chi connectivity index (χ1) is 8.10. The molecule has 0 saturated carbocycles. The first-order valence-electron chi connectivity index (χ1n) is 5.48. The molecule has 1 aromatic rings. The van der Waals surface area contributed by atoms with Gasteiger partial charge in [-0.05, 0) is 18.1 Å². The first-order valence-corrected chi connectivity index (χ1v) is 5.48. The minimum Gasteiger partial charge on any atom is -0.465 e. The van der Waals surface area contributed by atoms with Crippen molar-refractivity contribution in [3.05, 3.63) is 35.8 Å². The van der Waals surface area contributed by atoms with Crippen molar-refractivity contribution in [2.24, 2.45) is 5.92 Å². The maximum atomic E-state index is 12.0. The second kappa shape index (κ2) is 6.03. The summed E-state index contributed by atoms with van der Waals surface area (Å²) in [6.45, 7) is 3.91. The molecule has 0 aliphatic carbocycles. The first kappa shape index (κ1) is 13.2. The topological polar surface area (TPSA) is 56.5 Å². The highest BCUT2D eigenvalue weighted by molar-refractivity contribution is 6.23. The molecular weight excluding hydrogens is 220 g/mol. The molecule has 92 valence electrons. The monoisotopic (exact) mass is 236 g/mol. The number of Topliss-reactive ketones (excluding diaryl/α,β-unsaturated/α-hetero) is 1. The molecule has 0 amide bonds. The van der Waals surface area contributed by atoms with E-state index in [0.717, 1.165) is 6.42 Å². The average molecular weight is 236 g/mol. The van der Waals surface area contributed by atoms with Gasteiger partial charge in [-0.15, -0.1) is 0 Å². The van der Waals surface area contributed by atoms with E-state index in [1.807, 2.05) is 13.8 Å². The fraction of sp³-hybridized carbons (Fsp3) is 0.385. The van der Waals surface area contributed by atoms with Gasteiger partial charge in [-0.1, -0.05) is 26.3 Å². The molecule has 0 bridgehead atoms. The molecule has 0 radical (unpaired) electrons. The number of rotatable bonds is 5. The summed E-state index contributed by atoms with van der Waals surface area (Å²) < 4.78 is 9.60. The molecule has 1 aromatic heterocycles. The zero-order chi connectivity index (χ0) is 12.8. The van der Waals surface area contributed by atoms with Gasteiger partial charge in [-0.2, -0.15) is 0 Å². The molecule has 1 unspecified atom stereocenters. The Labute approximate surface area is 100 Å². The van der Waals surface area contributed by atoms with E-state index >= 15 is 0 Å². The lowest BCUT2D eigenvalue weighted by Gasteiger charge is -2.06. The lowest BCUT2D eigenvalue weighted by Crippen LogP contribution is -2.15. The van der Waals surface area contributed by atoms with Crippen LogP contribution in [0.2, 0.25) is 0 Å². The summed E-state index contributed by atoms with van der Waals surface area (Å²) in [7, 11) is 1.25. The van der Waals surface area contributed by atoms with Crippen LogP contribution in [0.5, 0.6) is 0 Å². The molecule has 1 heterocycles. The van der Waals surface area contributed by atoms with Crippen molar-refractivity contribution in [3.63, 3.8) is 0 Å². The Kier molecular flexibility index (Phi) is 4.69. The van der Waals surface area contributed by atoms with E-state index in [4.69, 9.17) is 4.42 Å². The Morgan fingerprint density at radius 1 is 1.53 bits per heavy atom. The van der Waals surface area contributed by atoms with E-state index in [0.29, 0.717) is 0 Å². The van der Waals surface area contributed by atoms with Gasteiger partial charge < -0.3 is 9.15 Å². The molecule has 4 heteroatoms. The molecule has 0 fully saturated rings. The van der Waals surface area contributed by atoms with Crippen molar-refractivity contribution in [1.29, 1.82) is 0 Å². The minimum absolute atomic E-state index is 0.0248. The molecule has 1 rings (SSSR count). The largest absolute Gasteiger partial charge is 0.465 e. The van der Waals surface area contributed by atoms with E-state index in [1.54, 1.807) is 12.1 Å². The van der Waals surface area contributed by atoms with Crippen LogP contribution in [0.1, 0.15) is 30.8 Å². The molecular formula is C13H16O4. The lowest BCUT2D eigenvalue weighted by atomic mass is 10.0. The highest BCUT2D eigenvalue weighted by Crippen LogP contribution is 2.14. The number of hydrogen-bond donors (Lipinski definition) is 0. The predicted octanol–water partition coefficient (Wildman–Crippen LogP) is 2.61. The van der Waals surface area contributed by atoms with Crippen molar-refractivity contribution in [2.45, 2.75) is 20.3 Å². The van der Waals surface area contributed by atoms with Gasteiger partial charge in [0.05, 0.1) is 13.4 Å². The van der Waals surface area contributed by atoms with Crippen molar-refractivity contribution < 1.29 is 18.7 Å². The number of hydrogen-bond acceptors (Lipinski definition) is 4. The summed E-state index contributed by atoms with van der Waals surface area (Å²) in [6.07, 6.45) is 3.86. The van der Waals surface area contributed by atoms with Crippen molar-refractivity contribution in [3.8, 4) is 0 Å². The van der Waals surface area contributed by atoms with Gasteiger partial charge >= 0.3 is 5.97 Å². The minimum atomic E-state index is -0.633. The summed E-state index contributed by atoms with van der Waals surface area (Å²) in [5.74, 6) is -0.804. The van der Waals surface area contributed by atoms with Gasteiger partial charge in [-0.3, -0.25) is 4.79 Å². The van der Waals surface area contributed by atoms with Crippen LogP contribution < -0.4 is 0 Å². The number of ketones is 1. The predicted molar refractivity (Wildman–Crippen MR) is 62.6 cm³/mol. The molecule has 17 heavy (non-hydrogen) atoms. The number of furan rings is 1. The summed E-state index contributed by atoms with van der Waals surface area (Å²) >= 11 is 0. The van der Waals surface area contributed by atoms with Gasteiger partial charge in [0.15, 0.2) is 5.76 Å². The third-order valence-electron chi connectivity index (χ3n) is 2.49. The quantitative estimate of drug-likeness (QED) is 0.259. The number of ether oxygens (including phenoxy) is 1. The van der Waals surface area contributed by atoms with Crippen molar-refractivity contribution >= 4 is 11.8 Å². The highest BCUT2D eigenvalue weighted by atomic mass is 16.5. The van der Waals surface area contributed by atoms with Gasteiger partial charge in [0.2, 0.25) is 5.78 Å². The number of methoxy groups -OCH3 is 1. The number of carbonyl (C=O) groups is 2. The third-order valence-corrected chi connectivity index (χ3v) is 2.49. The van der Waals surface area contributed by atoms with E-state index in [1.165, 1.54) is 19.4 Å². The third kappa shape index (κ3) is 3.31. The fourth-order valence-corrected chi connectivity index (χ4v) is 1.29. The fourth-order valence-electron chi connectivity index (χ4n) is 1.29. The van der Waals surface area contributed by atoms with E-state index < -0.39 is 11.8 Å². The Morgan fingerprint density at radius 2 is 2.24 bits per heavy atom. The van der Waals surface area contributed by atoms with Crippen molar-refractivity contribution in [2.75, 3.05) is 7.11 Å². The lowest BCUT2D eigenvalue weighted by molar-refractivity contribution is -0.135.